The van der Waals surface area contributed by atoms with Crippen LogP contribution in [0.4, 0.5) is 8.78 Å². The summed E-state index contributed by atoms with van der Waals surface area (Å²) in [7, 11) is 1.94. The van der Waals surface area contributed by atoms with E-state index in [-0.39, 0.29) is 24.4 Å². The number of fused-ring (bicyclic) bond motifs is 3. The second-order valence-electron chi connectivity index (χ2n) is 9.78. The highest BCUT2D eigenvalue weighted by atomic mass is 35.5. The van der Waals surface area contributed by atoms with E-state index in [4.69, 9.17) is 16.3 Å². The van der Waals surface area contributed by atoms with Crippen molar-refractivity contribution in [1.82, 2.24) is 24.4 Å². The standard InChI is InChI=1S/C26H30ClF2N5O2/c1-15-24(27)16(2)34-25(30-15)21-13-33(14-22(21)31-34)26(35)20-9-4-17(29)12-23(20)36-19-7-5-18(6-8-19)32(3)11-10-28/h4,9,12,18-19H,5-8,10-11,13-14H2,1-3H3. The molecule has 1 aliphatic heterocycles. The SMILES string of the molecule is Cc1nc2c3c(nn2c(C)c1Cl)CN(C(=O)c1ccc(F)cc1OC1CCC(N(C)CCF)CC1)C3. The van der Waals surface area contributed by atoms with Crippen LogP contribution in [0.2, 0.25) is 5.02 Å². The molecule has 0 bridgehead atoms. The zero-order valence-corrected chi connectivity index (χ0v) is 21.5. The number of carbonyl (C=O) groups is 1. The van der Waals surface area contributed by atoms with Crippen molar-refractivity contribution in [2.24, 2.45) is 0 Å². The van der Waals surface area contributed by atoms with E-state index < -0.39 is 5.82 Å². The Bertz CT molecular complexity index is 1310. The second-order valence-corrected chi connectivity index (χ2v) is 10.2. The molecule has 1 amide bonds. The van der Waals surface area contributed by atoms with Gasteiger partial charge in [-0.25, -0.2) is 18.3 Å². The van der Waals surface area contributed by atoms with E-state index in [0.29, 0.717) is 47.6 Å². The predicted molar refractivity (Wildman–Crippen MR) is 133 cm³/mol. The van der Waals surface area contributed by atoms with Crippen LogP contribution in [0.3, 0.4) is 0 Å². The van der Waals surface area contributed by atoms with Gasteiger partial charge in [-0.15, -0.1) is 0 Å². The number of alkyl halides is 1. The lowest BCUT2D eigenvalue weighted by atomic mass is 9.92. The molecule has 0 N–H and O–H groups in total. The molecule has 10 heteroatoms. The highest BCUT2D eigenvalue weighted by molar-refractivity contribution is 6.31. The number of hydrogen-bond donors (Lipinski definition) is 0. The van der Waals surface area contributed by atoms with Gasteiger partial charge in [-0.05, 0) is 58.7 Å². The van der Waals surface area contributed by atoms with Crippen molar-refractivity contribution in [1.29, 1.82) is 0 Å². The molecule has 1 aliphatic carbocycles. The van der Waals surface area contributed by atoms with Crippen LogP contribution < -0.4 is 4.74 Å². The lowest BCUT2D eigenvalue weighted by Gasteiger charge is -2.34. The number of hydrogen-bond acceptors (Lipinski definition) is 5. The molecule has 7 nitrogen and oxygen atoms in total. The molecular formula is C26H30ClF2N5O2. The Morgan fingerprint density at radius 2 is 1.97 bits per heavy atom. The maximum Gasteiger partial charge on any atom is 0.258 e. The van der Waals surface area contributed by atoms with Gasteiger partial charge >= 0.3 is 0 Å². The largest absolute Gasteiger partial charge is 0.489 e. The molecular weight excluding hydrogens is 488 g/mol. The third-order valence-electron chi connectivity index (χ3n) is 7.42. The lowest BCUT2D eigenvalue weighted by molar-refractivity contribution is 0.0728. The van der Waals surface area contributed by atoms with Crippen molar-refractivity contribution < 1.29 is 18.3 Å². The zero-order chi connectivity index (χ0) is 25.6. The first-order valence-electron chi connectivity index (χ1n) is 12.3. The van der Waals surface area contributed by atoms with Gasteiger partial charge in [-0.2, -0.15) is 5.10 Å². The molecule has 3 heterocycles. The minimum absolute atomic E-state index is 0.117. The van der Waals surface area contributed by atoms with Crippen molar-refractivity contribution in [2.75, 3.05) is 20.3 Å². The Balaban J connectivity index is 1.32. The first-order valence-corrected chi connectivity index (χ1v) is 12.7. The van der Waals surface area contributed by atoms with Gasteiger partial charge in [0.15, 0.2) is 5.65 Å². The number of rotatable bonds is 6. The van der Waals surface area contributed by atoms with Crippen molar-refractivity contribution >= 4 is 23.2 Å². The summed E-state index contributed by atoms with van der Waals surface area (Å²) in [6.45, 7) is 4.48. The average Bonchev–Trinajstić information content (AvgIpc) is 3.42. The van der Waals surface area contributed by atoms with Crippen molar-refractivity contribution in [2.45, 2.75) is 64.8 Å². The summed E-state index contributed by atoms with van der Waals surface area (Å²) in [6, 6.07) is 4.37. The Labute approximate surface area is 214 Å². The van der Waals surface area contributed by atoms with Crippen LogP contribution in [0.5, 0.6) is 5.75 Å². The fourth-order valence-corrected chi connectivity index (χ4v) is 5.42. The van der Waals surface area contributed by atoms with Crippen LogP contribution in [-0.2, 0) is 13.1 Å². The molecule has 0 saturated heterocycles. The van der Waals surface area contributed by atoms with Gasteiger partial charge in [-0.3, -0.25) is 4.79 Å². The fraction of sp³-hybridized carbons (Fsp3) is 0.500. The molecule has 1 fully saturated rings. The third-order valence-corrected chi connectivity index (χ3v) is 7.96. The molecule has 5 rings (SSSR count). The topological polar surface area (TPSA) is 63.0 Å². The Morgan fingerprint density at radius 1 is 1.22 bits per heavy atom. The van der Waals surface area contributed by atoms with E-state index in [2.05, 4.69) is 10.1 Å². The number of aromatic nitrogens is 3. The quantitative estimate of drug-likeness (QED) is 0.466. The summed E-state index contributed by atoms with van der Waals surface area (Å²) in [5.41, 5.74) is 4.23. The number of halogens is 3. The minimum Gasteiger partial charge on any atom is -0.489 e. The van der Waals surface area contributed by atoms with E-state index in [1.54, 1.807) is 9.42 Å². The normalized spacial score (nSPS) is 19.8. The monoisotopic (exact) mass is 517 g/mol. The van der Waals surface area contributed by atoms with E-state index in [1.807, 2.05) is 25.8 Å². The molecule has 1 saturated carbocycles. The number of nitrogens with zero attached hydrogens (tertiary/aromatic N) is 5. The number of carbonyl (C=O) groups excluding carboxylic acids is 1. The van der Waals surface area contributed by atoms with E-state index in [1.165, 1.54) is 18.2 Å². The van der Waals surface area contributed by atoms with Gasteiger partial charge < -0.3 is 14.5 Å². The summed E-state index contributed by atoms with van der Waals surface area (Å²) in [5.74, 6) is -0.428. The molecule has 1 aromatic carbocycles. The molecule has 36 heavy (non-hydrogen) atoms. The van der Waals surface area contributed by atoms with Crippen LogP contribution in [0.25, 0.3) is 5.65 Å². The zero-order valence-electron chi connectivity index (χ0n) is 20.7. The van der Waals surface area contributed by atoms with Gasteiger partial charge in [-0.1, -0.05) is 11.6 Å². The number of ether oxygens (including phenoxy) is 1. The average molecular weight is 518 g/mol. The summed E-state index contributed by atoms with van der Waals surface area (Å²) < 4.78 is 34.8. The maximum absolute atomic E-state index is 14.2. The van der Waals surface area contributed by atoms with Crippen LogP contribution in [0.15, 0.2) is 18.2 Å². The fourth-order valence-electron chi connectivity index (χ4n) is 5.30. The smallest absolute Gasteiger partial charge is 0.258 e. The summed E-state index contributed by atoms with van der Waals surface area (Å²) in [6.07, 6.45) is 3.16. The Kier molecular flexibility index (Phi) is 6.87. The molecule has 2 aromatic heterocycles. The van der Waals surface area contributed by atoms with Gasteiger partial charge in [0, 0.05) is 24.2 Å². The second kappa shape index (κ2) is 9.94. The molecule has 2 aliphatic rings. The maximum atomic E-state index is 14.2. The Morgan fingerprint density at radius 3 is 2.69 bits per heavy atom. The molecule has 3 aromatic rings. The van der Waals surface area contributed by atoms with E-state index in [9.17, 15) is 13.6 Å². The van der Waals surface area contributed by atoms with Crippen LogP contribution in [0.1, 0.15) is 58.7 Å². The molecule has 0 radical (unpaired) electrons. The van der Waals surface area contributed by atoms with Crippen molar-refractivity contribution in [3.63, 3.8) is 0 Å². The number of aryl methyl sites for hydroxylation is 2. The van der Waals surface area contributed by atoms with Crippen LogP contribution in [-0.4, -0.2) is 62.7 Å². The van der Waals surface area contributed by atoms with Crippen LogP contribution >= 0.6 is 11.6 Å². The lowest BCUT2D eigenvalue weighted by Crippen LogP contribution is -2.38. The molecule has 0 spiro atoms. The first kappa shape index (κ1) is 24.9. The third kappa shape index (κ3) is 4.54. The number of benzene rings is 1. The highest BCUT2D eigenvalue weighted by Crippen LogP contribution is 2.33. The van der Waals surface area contributed by atoms with Crippen molar-refractivity contribution in [3.8, 4) is 5.75 Å². The van der Waals surface area contributed by atoms with Gasteiger partial charge in [0.2, 0.25) is 0 Å². The van der Waals surface area contributed by atoms with E-state index in [0.717, 1.165) is 42.6 Å². The number of amides is 1. The molecule has 0 atom stereocenters. The van der Waals surface area contributed by atoms with Gasteiger partial charge in [0.05, 0.1) is 46.9 Å². The first-order chi connectivity index (χ1) is 17.3. The summed E-state index contributed by atoms with van der Waals surface area (Å²) in [5, 5.41) is 5.22. The van der Waals surface area contributed by atoms with Crippen molar-refractivity contribution in [3.05, 3.63) is 57.2 Å². The van der Waals surface area contributed by atoms with Crippen LogP contribution in [0, 0.1) is 19.7 Å². The summed E-state index contributed by atoms with van der Waals surface area (Å²) >= 11 is 6.34. The Hall–Kier alpha value is -2.78. The van der Waals surface area contributed by atoms with Gasteiger partial charge in [0.25, 0.3) is 5.91 Å². The van der Waals surface area contributed by atoms with E-state index >= 15 is 0 Å². The van der Waals surface area contributed by atoms with Gasteiger partial charge in [0.1, 0.15) is 18.2 Å². The summed E-state index contributed by atoms with van der Waals surface area (Å²) in [4.78, 5) is 21.9. The highest BCUT2D eigenvalue weighted by Gasteiger charge is 2.32. The predicted octanol–water partition coefficient (Wildman–Crippen LogP) is 4.89. The molecule has 0 unspecified atom stereocenters. The molecule has 192 valence electrons. The minimum atomic E-state index is -0.452.